The zero-order chi connectivity index (χ0) is 15.1. The number of ether oxygens (including phenoxy) is 1. The number of nitrogens with zero attached hydrogens (tertiary/aromatic N) is 1. The number of aliphatic carboxylic acids is 1. The highest BCUT2D eigenvalue weighted by atomic mass is 16.5. The van der Waals surface area contributed by atoms with Gasteiger partial charge in [-0.2, -0.15) is 0 Å². The summed E-state index contributed by atoms with van der Waals surface area (Å²) in [6.07, 6.45) is 3.06. The summed E-state index contributed by atoms with van der Waals surface area (Å²) in [7, 11) is 1.64. The summed E-state index contributed by atoms with van der Waals surface area (Å²) in [6.45, 7) is 5.26. The molecule has 2 N–H and O–H groups in total. The highest BCUT2D eigenvalue weighted by Gasteiger charge is 2.30. The van der Waals surface area contributed by atoms with Crippen LogP contribution in [0.5, 0.6) is 0 Å². The Morgan fingerprint density at radius 2 is 2.20 bits per heavy atom. The lowest BCUT2D eigenvalue weighted by Crippen LogP contribution is -2.53. The van der Waals surface area contributed by atoms with Crippen LogP contribution in [0.15, 0.2) is 0 Å². The van der Waals surface area contributed by atoms with Crippen LogP contribution in [-0.2, 0) is 9.53 Å². The van der Waals surface area contributed by atoms with E-state index < -0.39 is 12.0 Å². The third kappa shape index (κ3) is 4.67. The van der Waals surface area contributed by atoms with Crippen LogP contribution < -0.4 is 5.32 Å². The van der Waals surface area contributed by atoms with Gasteiger partial charge >= 0.3 is 12.0 Å². The highest BCUT2D eigenvalue weighted by Crippen LogP contribution is 2.19. The van der Waals surface area contributed by atoms with Crippen molar-refractivity contribution in [3.63, 3.8) is 0 Å². The van der Waals surface area contributed by atoms with E-state index in [0.717, 1.165) is 19.3 Å². The van der Waals surface area contributed by atoms with Crippen LogP contribution >= 0.6 is 0 Å². The van der Waals surface area contributed by atoms with Crippen LogP contribution in [0.2, 0.25) is 0 Å². The molecule has 3 atom stereocenters. The van der Waals surface area contributed by atoms with Crippen molar-refractivity contribution in [1.29, 1.82) is 0 Å². The molecule has 0 aromatic heterocycles. The van der Waals surface area contributed by atoms with E-state index in [4.69, 9.17) is 9.84 Å². The summed E-state index contributed by atoms with van der Waals surface area (Å²) >= 11 is 0. The van der Waals surface area contributed by atoms with E-state index in [0.29, 0.717) is 25.4 Å². The van der Waals surface area contributed by atoms with E-state index in [1.165, 1.54) is 0 Å². The number of unbranched alkanes of at least 4 members (excludes halogenated alkanes) is 1. The maximum atomic E-state index is 12.1. The van der Waals surface area contributed by atoms with E-state index in [1.807, 2.05) is 6.92 Å². The van der Waals surface area contributed by atoms with Crippen molar-refractivity contribution in [2.45, 2.75) is 51.7 Å². The molecule has 6 nitrogen and oxygen atoms in total. The minimum atomic E-state index is -0.972. The number of carbonyl (C=O) groups excluding carboxylic acids is 1. The monoisotopic (exact) mass is 286 g/mol. The van der Waals surface area contributed by atoms with Gasteiger partial charge in [0.1, 0.15) is 6.04 Å². The number of carbonyl (C=O) groups is 2. The maximum absolute atomic E-state index is 12.1. The lowest BCUT2D eigenvalue weighted by molar-refractivity contribution is -0.139. The zero-order valence-corrected chi connectivity index (χ0v) is 12.6. The Labute approximate surface area is 120 Å². The van der Waals surface area contributed by atoms with Gasteiger partial charge in [0.15, 0.2) is 0 Å². The third-order valence-electron chi connectivity index (χ3n) is 3.92. The molecule has 1 aliphatic rings. The first-order valence-electron chi connectivity index (χ1n) is 7.30. The molecule has 1 rings (SSSR count). The average Bonchev–Trinajstić information content (AvgIpc) is 2.43. The van der Waals surface area contributed by atoms with Gasteiger partial charge in [0.05, 0.1) is 6.10 Å². The molecule has 0 bridgehead atoms. The minimum absolute atomic E-state index is 0.0217. The van der Waals surface area contributed by atoms with Crippen molar-refractivity contribution in [3.05, 3.63) is 0 Å². The number of carboxylic acid groups (broad SMARTS) is 1. The Morgan fingerprint density at radius 1 is 1.50 bits per heavy atom. The van der Waals surface area contributed by atoms with Crippen LogP contribution in [-0.4, -0.2) is 54.4 Å². The number of piperidine rings is 1. The van der Waals surface area contributed by atoms with Gasteiger partial charge in [0.25, 0.3) is 0 Å². The Bertz CT molecular complexity index is 335. The van der Waals surface area contributed by atoms with Gasteiger partial charge in [-0.25, -0.2) is 9.59 Å². The predicted molar refractivity (Wildman–Crippen MR) is 75.6 cm³/mol. The fourth-order valence-electron chi connectivity index (χ4n) is 2.43. The summed E-state index contributed by atoms with van der Waals surface area (Å²) in [5, 5.41) is 11.7. The van der Waals surface area contributed by atoms with Crippen LogP contribution in [0, 0.1) is 5.92 Å². The molecule has 6 heteroatoms. The topological polar surface area (TPSA) is 78.9 Å². The van der Waals surface area contributed by atoms with Gasteiger partial charge in [-0.1, -0.05) is 26.7 Å². The highest BCUT2D eigenvalue weighted by molar-refractivity contribution is 5.82. The molecular weight excluding hydrogens is 260 g/mol. The van der Waals surface area contributed by atoms with Crippen LogP contribution in [0.25, 0.3) is 0 Å². The molecule has 0 aromatic rings. The quantitative estimate of drug-likeness (QED) is 0.779. The second kappa shape index (κ2) is 8.09. The average molecular weight is 286 g/mol. The van der Waals surface area contributed by atoms with Crippen molar-refractivity contribution in [3.8, 4) is 0 Å². The number of hydrogen-bond acceptors (Lipinski definition) is 3. The van der Waals surface area contributed by atoms with Gasteiger partial charge in [-0.05, 0) is 18.8 Å². The number of rotatable bonds is 6. The van der Waals surface area contributed by atoms with Crippen molar-refractivity contribution < 1.29 is 19.4 Å². The maximum Gasteiger partial charge on any atom is 0.326 e. The number of urea groups is 1. The van der Waals surface area contributed by atoms with E-state index in [-0.39, 0.29) is 12.1 Å². The third-order valence-corrected chi connectivity index (χ3v) is 3.92. The molecule has 2 amide bonds. The number of carboxylic acids is 1. The molecule has 116 valence electrons. The Kier molecular flexibility index (Phi) is 6.78. The number of likely N-dealkylation sites (tertiary alicyclic amines) is 1. The van der Waals surface area contributed by atoms with Crippen molar-refractivity contribution in [2.75, 3.05) is 20.2 Å². The second-order valence-electron chi connectivity index (χ2n) is 5.47. The van der Waals surface area contributed by atoms with E-state index in [1.54, 1.807) is 12.0 Å². The number of methoxy groups -OCH3 is 1. The Balaban J connectivity index is 2.53. The first-order valence-corrected chi connectivity index (χ1v) is 7.30. The molecule has 0 saturated carbocycles. The molecule has 1 heterocycles. The summed E-state index contributed by atoms with van der Waals surface area (Å²) in [6, 6.07) is -1.11. The standard InChI is InChI=1S/C14H26N2O4/c1-4-5-6-11(13(17)18)15-14(19)16-8-7-10(2)12(9-16)20-3/h10-12H,4-9H2,1-3H3,(H,15,19)(H,17,18)/t10?,11-,12?/m0/s1. The summed E-state index contributed by atoms with van der Waals surface area (Å²) < 4.78 is 5.36. The van der Waals surface area contributed by atoms with E-state index >= 15 is 0 Å². The van der Waals surface area contributed by atoms with Crippen LogP contribution in [0.3, 0.4) is 0 Å². The smallest absolute Gasteiger partial charge is 0.326 e. The molecule has 1 fully saturated rings. The first-order chi connectivity index (χ1) is 9.49. The van der Waals surface area contributed by atoms with E-state index in [2.05, 4.69) is 12.2 Å². The fourth-order valence-corrected chi connectivity index (χ4v) is 2.43. The van der Waals surface area contributed by atoms with E-state index in [9.17, 15) is 9.59 Å². The summed E-state index contributed by atoms with van der Waals surface area (Å²) in [5.74, 6) is -0.556. The minimum Gasteiger partial charge on any atom is -0.480 e. The second-order valence-corrected chi connectivity index (χ2v) is 5.47. The molecule has 0 aromatic carbocycles. The molecular formula is C14H26N2O4. The van der Waals surface area contributed by atoms with Gasteiger partial charge in [0, 0.05) is 20.2 Å². The Hall–Kier alpha value is -1.30. The van der Waals surface area contributed by atoms with Gasteiger partial charge < -0.3 is 20.1 Å². The van der Waals surface area contributed by atoms with Crippen molar-refractivity contribution >= 4 is 12.0 Å². The molecule has 0 spiro atoms. The van der Waals surface area contributed by atoms with Gasteiger partial charge in [0.2, 0.25) is 0 Å². The van der Waals surface area contributed by atoms with Gasteiger partial charge in [-0.15, -0.1) is 0 Å². The fraction of sp³-hybridized carbons (Fsp3) is 0.857. The largest absolute Gasteiger partial charge is 0.480 e. The molecule has 0 radical (unpaired) electrons. The summed E-state index contributed by atoms with van der Waals surface area (Å²) in [4.78, 5) is 24.9. The normalized spacial score (nSPS) is 24.2. The molecule has 1 saturated heterocycles. The number of nitrogens with one attached hydrogen (secondary N) is 1. The Morgan fingerprint density at radius 3 is 2.75 bits per heavy atom. The lowest BCUT2D eigenvalue weighted by atomic mass is 9.96. The van der Waals surface area contributed by atoms with Crippen LogP contribution in [0.1, 0.15) is 39.5 Å². The summed E-state index contributed by atoms with van der Waals surface area (Å²) in [5.41, 5.74) is 0. The van der Waals surface area contributed by atoms with Crippen molar-refractivity contribution in [2.24, 2.45) is 5.92 Å². The zero-order valence-electron chi connectivity index (χ0n) is 12.6. The molecule has 2 unspecified atom stereocenters. The predicted octanol–water partition coefficient (Wildman–Crippen LogP) is 1.70. The molecule has 20 heavy (non-hydrogen) atoms. The lowest BCUT2D eigenvalue weighted by Gasteiger charge is -2.36. The van der Waals surface area contributed by atoms with Crippen molar-refractivity contribution in [1.82, 2.24) is 10.2 Å². The number of hydrogen-bond donors (Lipinski definition) is 2. The first kappa shape index (κ1) is 16.8. The SMILES string of the molecule is CCCC[C@H](NC(=O)N1CCC(C)C(OC)C1)C(=O)O. The number of amides is 2. The molecule has 1 aliphatic heterocycles. The van der Waals surface area contributed by atoms with Crippen LogP contribution in [0.4, 0.5) is 4.79 Å². The molecule has 0 aliphatic carbocycles. The van der Waals surface area contributed by atoms with Gasteiger partial charge in [-0.3, -0.25) is 0 Å².